The molecule has 6 heteroatoms. The lowest BCUT2D eigenvalue weighted by Gasteiger charge is -2.18. The maximum Gasteiger partial charge on any atom is 0.306 e. The van der Waals surface area contributed by atoms with Gasteiger partial charge in [-0.1, -0.05) is 278 Å². The van der Waals surface area contributed by atoms with E-state index in [1.54, 1.807) is 0 Å². The molecule has 0 amide bonds. The summed E-state index contributed by atoms with van der Waals surface area (Å²) in [7, 11) is 0. The van der Waals surface area contributed by atoms with E-state index < -0.39 is 6.10 Å². The number of hydrogen-bond donors (Lipinski definition) is 0. The van der Waals surface area contributed by atoms with Crippen LogP contribution in [0, 0.1) is 5.92 Å². The van der Waals surface area contributed by atoms with Crippen LogP contribution < -0.4 is 0 Å². The van der Waals surface area contributed by atoms with Crippen LogP contribution in [0.1, 0.15) is 317 Å². The summed E-state index contributed by atoms with van der Waals surface area (Å²) in [5, 5.41) is 0. The minimum Gasteiger partial charge on any atom is -0.462 e. The predicted molar refractivity (Wildman–Crippen MR) is 266 cm³/mol. The summed E-state index contributed by atoms with van der Waals surface area (Å²) in [4.78, 5) is 38.1. The minimum atomic E-state index is -0.761. The predicted octanol–water partition coefficient (Wildman–Crippen LogP) is 18.2. The topological polar surface area (TPSA) is 78.9 Å². The molecular formula is C56H108O6. The fourth-order valence-electron chi connectivity index (χ4n) is 8.57. The lowest BCUT2D eigenvalue weighted by Crippen LogP contribution is -2.30. The van der Waals surface area contributed by atoms with E-state index in [-0.39, 0.29) is 31.1 Å². The van der Waals surface area contributed by atoms with Gasteiger partial charge in [0.15, 0.2) is 6.10 Å². The molecule has 0 bridgehead atoms. The molecule has 0 aliphatic rings. The Labute approximate surface area is 387 Å². The van der Waals surface area contributed by atoms with Crippen LogP contribution in [0.5, 0.6) is 0 Å². The summed E-state index contributed by atoms with van der Waals surface area (Å²) in [6, 6.07) is 0. The van der Waals surface area contributed by atoms with E-state index in [2.05, 4.69) is 27.7 Å². The van der Waals surface area contributed by atoms with Gasteiger partial charge in [0.05, 0.1) is 0 Å². The summed E-state index contributed by atoms with van der Waals surface area (Å²) in [5.74, 6) is -0.0200. The third-order valence-corrected chi connectivity index (χ3v) is 12.8. The molecule has 0 N–H and O–H groups in total. The Morgan fingerprint density at radius 3 is 0.790 bits per heavy atom. The molecule has 368 valence electrons. The Hall–Kier alpha value is -1.59. The zero-order valence-electron chi connectivity index (χ0n) is 42.3. The highest BCUT2D eigenvalue weighted by molar-refractivity contribution is 5.71. The first kappa shape index (κ1) is 60.4. The zero-order valence-corrected chi connectivity index (χ0v) is 42.3. The quantitative estimate of drug-likeness (QED) is 0.0344. The monoisotopic (exact) mass is 877 g/mol. The number of esters is 3. The van der Waals surface area contributed by atoms with Gasteiger partial charge in [0.2, 0.25) is 0 Å². The summed E-state index contributed by atoms with van der Waals surface area (Å²) in [6.07, 6.45) is 53.7. The molecule has 62 heavy (non-hydrogen) atoms. The largest absolute Gasteiger partial charge is 0.462 e. The molecule has 0 unspecified atom stereocenters. The van der Waals surface area contributed by atoms with Crippen molar-refractivity contribution in [1.29, 1.82) is 0 Å². The Kier molecular flexibility index (Phi) is 49.1. The highest BCUT2D eigenvalue weighted by Gasteiger charge is 2.19. The van der Waals surface area contributed by atoms with E-state index in [0.29, 0.717) is 19.3 Å². The van der Waals surface area contributed by atoms with Gasteiger partial charge in [0, 0.05) is 19.3 Å². The molecule has 0 aliphatic carbocycles. The van der Waals surface area contributed by atoms with Crippen LogP contribution in [0.2, 0.25) is 0 Å². The second-order valence-electron chi connectivity index (χ2n) is 19.7. The normalized spacial score (nSPS) is 12.0. The van der Waals surface area contributed by atoms with Crippen molar-refractivity contribution >= 4 is 17.9 Å². The number of ether oxygens (including phenoxy) is 3. The highest BCUT2D eigenvalue weighted by atomic mass is 16.6. The van der Waals surface area contributed by atoms with E-state index in [9.17, 15) is 14.4 Å². The number of unbranched alkanes of at least 4 members (excludes halogenated alkanes) is 38. The average molecular weight is 877 g/mol. The second kappa shape index (κ2) is 50.4. The number of carbonyl (C=O) groups is 3. The van der Waals surface area contributed by atoms with Crippen molar-refractivity contribution in [2.24, 2.45) is 5.92 Å². The Morgan fingerprint density at radius 1 is 0.306 bits per heavy atom. The fourth-order valence-corrected chi connectivity index (χ4v) is 8.57. The van der Waals surface area contributed by atoms with E-state index in [0.717, 1.165) is 63.7 Å². The fraction of sp³-hybridized carbons (Fsp3) is 0.946. The first-order chi connectivity index (χ1) is 30.4. The SMILES string of the molecule is CCCCCCCCCCCCCCCCCCC(=O)O[C@H](COC(=O)CCCCCCCCCCCCCCCCC)COC(=O)CCCCCCCCCCCCC(C)C. The molecule has 0 saturated heterocycles. The van der Waals surface area contributed by atoms with Gasteiger partial charge in [-0.25, -0.2) is 0 Å². The van der Waals surface area contributed by atoms with Gasteiger partial charge in [-0.3, -0.25) is 14.4 Å². The van der Waals surface area contributed by atoms with Gasteiger partial charge in [0.25, 0.3) is 0 Å². The van der Waals surface area contributed by atoms with Crippen molar-refractivity contribution in [3.05, 3.63) is 0 Å². The molecule has 0 heterocycles. The van der Waals surface area contributed by atoms with Crippen LogP contribution in [0.25, 0.3) is 0 Å². The standard InChI is InChI=1S/C56H108O6/c1-5-7-9-11-13-15-17-19-21-23-25-27-33-37-41-45-49-56(59)62-53(51-61-55(58)48-44-40-36-32-29-28-30-34-38-42-46-52(3)4)50-60-54(57)47-43-39-35-31-26-24-22-20-18-16-14-12-10-8-6-2/h52-53H,5-51H2,1-4H3/t53-/m1/s1. The molecule has 6 nitrogen and oxygen atoms in total. The maximum absolute atomic E-state index is 12.8. The Balaban J connectivity index is 4.30. The van der Waals surface area contributed by atoms with E-state index in [1.807, 2.05) is 0 Å². The maximum atomic E-state index is 12.8. The van der Waals surface area contributed by atoms with Crippen LogP contribution >= 0.6 is 0 Å². The van der Waals surface area contributed by atoms with Crippen LogP contribution in [-0.2, 0) is 28.6 Å². The summed E-state index contributed by atoms with van der Waals surface area (Å²) in [5.41, 5.74) is 0. The van der Waals surface area contributed by atoms with Crippen molar-refractivity contribution in [1.82, 2.24) is 0 Å². The molecule has 0 aromatic heterocycles. The highest BCUT2D eigenvalue weighted by Crippen LogP contribution is 2.18. The van der Waals surface area contributed by atoms with Crippen molar-refractivity contribution in [3.8, 4) is 0 Å². The van der Waals surface area contributed by atoms with Crippen LogP contribution in [0.3, 0.4) is 0 Å². The van der Waals surface area contributed by atoms with Crippen molar-refractivity contribution in [2.75, 3.05) is 13.2 Å². The van der Waals surface area contributed by atoms with Crippen LogP contribution in [0.15, 0.2) is 0 Å². The molecular weight excluding hydrogens is 769 g/mol. The Bertz CT molecular complexity index is 933. The molecule has 0 rings (SSSR count). The molecule has 0 spiro atoms. The number of hydrogen-bond acceptors (Lipinski definition) is 6. The van der Waals surface area contributed by atoms with Gasteiger partial charge in [-0.05, 0) is 25.2 Å². The summed E-state index contributed by atoms with van der Waals surface area (Å²) >= 11 is 0. The van der Waals surface area contributed by atoms with Gasteiger partial charge in [-0.15, -0.1) is 0 Å². The van der Waals surface area contributed by atoms with E-state index >= 15 is 0 Å². The molecule has 0 aromatic carbocycles. The number of carbonyl (C=O) groups excluding carboxylic acids is 3. The van der Waals surface area contributed by atoms with Gasteiger partial charge < -0.3 is 14.2 Å². The zero-order chi connectivity index (χ0) is 45.2. The van der Waals surface area contributed by atoms with Gasteiger partial charge in [0.1, 0.15) is 13.2 Å². The average Bonchev–Trinajstić information content (AvgIpc) is 3.26. The molecule has 0 radical (unpaired) electrons. The minimum absolute atomic E-state index is 0.0622. The Morgan fingerprint density at radius 2 is 0.532 bits per heavy atom. The molecule has 0 fully saturated rings. The van der Waals surface area contributed by atoms with Crippen LogP contribution in [0.4, 0.5) is 0 Å². The van der Waals surface area contributed by atoms with Crippen molar-refractivity contribution in [2.45, 2.75) is 323 Å². The van der Waals surface area contributed by atoms with E-state index in [4.69, 9.17) is 14.2 Å². The molecule has 0 saturated carbocycles. The van der Waals surface area contributed by atoms with Gasteiger partial charge in [-0.2, -0.15) is 0 Å². The van der Waals surface area contributed by atoms with E-state index in [1.165, 1.54) is 212 Å². The van der Waals surface area contributed by atoms with Crippen molar-refractivity contribution in [3.63, 3.8) is 0 Å². The van der Waals surface area contributed by atoms with Crippen LogP contribution in [-0.4, -0.2) is 37.2 Å². The summed E-state index contributed by atoms with van der Waals surface area (Å²) in [6.45, 7) is 9.04. The molecule has 1 atom stereocenters. The third-order valence-electron chi connectivity index (χ3n) is 12.8. The third kappa shape index (κ3) is 49.4. The molecule has 0 aromatic rings. The molecule has 0 aliphatic heterocycles. The lowest BCUT2D eigenvalue weighted by molar-refractivity contribution is -0.167. The van der Waals surface area contributed by atoms with Crippen molar-refractivity contribution < 1.29 is 28.6 Å². The smallest absolute Gasteiger partial charge is 0.306 e. The second-order valence-corrected chi connectivity index (χ2v) is 19.7. The summed E-state index contributed by atoms with van der Waals surface area (Å²) < 4.78 is 16.9. The first-order valence-corrected chi connectivity index (χ1v) is 27.9. The lowest BCUT2D eigenvalue weighted by atomic mass is 10.0. The van der Waals surface area contributed by atoms with Gasteiger partial charge >= 0.3 is 17.9 Å². The first-order valence-electron chi connectivity index (χ1n) is 27.9. The number of rotatable bonds is 51.